The van der Waals surface area contributed by atoms with Crippen LogP contribution in [0, 0.1) is 0 Å². The molecule has 0 saturated carbocycles. The van der Waals surface area contributed by atoms with E-state index in [4.69, 9.17) is 4.84 Å². The summed E-state index contributed by atoms with van der Waals surface area (Å²) in [5.41, 5.74) is 2.31. The molecule has 5 N–H and O–H groups in total. The second-order valence-corrected chi connectivity index (χ2v) is 6.58. The van der Waals surface area contributed by atoms with Gasteiger partial charge in [-0.05, 0) is 35.2 Å². The fraction of sp³-hybridized carbons (Fsp3) is 0.143. The quantitative estimate of drug-likeness (QED) is 0.400. The number of carboxylic acid groups (broad SMARTS) is 1. The second kappa shape index (κ2) is 8.91. The molecule has 1 heterocycles. The van der Waals surface area contributed by atoms with Gasteiger partial charge >= 0.3 is 12.1 Å². The molecule has 0 bridgehead atoms. The number of rotatable bonds is 7. The van der Waals surface area contributed by atoms with Crippen molar-refractivity contribution in [3.8, 4) is 17.5 Å². The smallest absolute Gasteiger partial charge is 0.432 e. The Hall–Kier alpha value is -4.14. The van der Waals surface area contributed by atoms with Crippen molar-refractivity contribution < 1.29 is 34.9 Å². The number of aromatic nitrogens is 1. The van der Waals surface area contributed by atoms with Crippen LogP contribution in [0.3, 0.4) is 0 Å². The molecular weight excluding hydrogens is 392 g/mol. The molecule has 1 aromatic heterocycles. The molecule has 9 heteroatoms. The highest BCUT2D eigenvalue weighted by Crippen LogP contribution is 2.22. The first-order chi connectivity index (χ1) is 14.3. The lowest BCUT2D eigenvalue weighted by Gasteiger charge is -2.17. The van der Waals surface area contributed by atoms with Gasteiger partial charge in [-0.2, -0.15) is 0 Å². The van der Waals surface area contributed by atoms with E-state index >= 15 is 0 Å². The Kier molecular flexibility index (Phi) is 6.11. The third kappa shape index (κ3) is 5.02. The Morgan fingerprint density at radius 2 is 1.60 bits per heavy atom. The molecule has 9 nitrogen and oxygen atoms in total. The van der Waals surface area contributed by atoms with Crippen molar-refractivity contribution in [1.82, 2.24) is 10.0 Å². The molecule has 3 aromatic rings. The Morgan fingerprint density at radius 1 is 0.933 bits per heavy atom. The van der Waals surface area contributed by atoms with E-state index in [1.165, 1.54) is 6.07 Å². The van der Waals surface area contributed by atoms with Gasteiger partial charge in [-0.25, -0.2) is 9.59 Å². The van der Waals surface area contributed by atoms with E-state index in [-0.39, 0.29) is 12.2 Å². The molecule has 0 saturated heterocycles. The van der Waals surface area contributed by atoms with Crippen molar-refractivity contribution in [3.63, 3.8) is 0 Å². The van der Waals surface area contributed by atoms with Crippen molar-refractivity contribution >= 4 is 12.1 Å². The first-order valence-corrected chi connectivity index (χ1v) is 8.99. The summed E-state index contributed by atoms with van der Waals surface area (Å²) in [5, 5.41) is 40.6. The maximum atomic E-state index is 12.1. The number of carbonyl (C=O) groups excluding carboxylic acids is 1. The zero-order chi connectivity index (χ0) is 21.7. The van der Waals surface area contributed by atoms with Crippen LogP contribution in [0.2, 0.25) is 0 Å². The largest absolute Gasteiger partial charge is 0.508 e. The van der Waals surface area contributed by atoms with Gasteiger partial charge in [0, 0.05) is 18.6 Å². The van der Waals surface area contributed by atoms with Gasteiger partial charge in [-0.15, -0.1) is 4.73 Å². The van der Waals surface area contributed by atoms with Crippen molar-refractivity contribution in [1.29, 1.82) is 0 Å². The first-order valence-electron chi connectivity index (χ1n) is 8.99. The molecule has 1 atom stereocenters. The minimum absolute atomic E-state index is 0.0440. The van der Waals surface area contributed by atoms with Gasteiger partial charge in [0.2, 0.25) is 11.8 Å². The zero-order valence-electron chi connectivity index (χ0n) is 15.7. The second-order valence-electron chi connectivity index (χ2n) is 6.58. The van der Waals surface area contributed by atoms with Crippen molar-refractivity contribution in [3.05, 3.63) is 77.4 Å². The van der Waals surface area contributed by atoms with Gasteiger partial charge in [-0.3, -0.25) is 0 Å². The van der Waals surface area contributed by atoms with E-state index in [9.17, 15) is 30.0 Å². The Labute approximate surface area is 171 Å². The number of nitrogens with zero attached hydrogens (tertiary/aromatic N) is 1. The number of amides is 1. The number of carbonyl (C=O) groups is 2. The lowest BCUT2D eigenvalue weighted by atomic mass is 9.95. The van der Waals surface area contributed by atoms with Crippen LogP contribution in [0.5, 0.6) is 17.5 Å². The molecule has 30 heavy (non-hydrogen) atoms. The molecule has 0 aliphatic carbocycles. The minimum Gasteiger partial charge on any atom is -0.508 e. The van der Waals surface area contributed by atoms with Crippen LogP contribution in [0.15, 0.2) is 60.7 Å². The number of aromatic hydroxyl groups is 3. The monoisotopic (exact) mass is 412 g/mol. The summed E-state index contributed by atoms with van der Waals surface area (Å²) in [6.07, 6.45) is -0.782. The number of phenolic OH excluding ortho intramolecular Hbond substituents is 1. The van der Waals surface area contributed by atoms with E-state index < -0.39 is 29.9 Å². The van der Waals surface area contributed by atoms with Crippen molar-refractivity contribution in [2.24, 2.45) is 0 Å². The molecule has 0 aliphatic heterocycles. The molecular formula is C21H20N2O7. The van der Waals surface area contributed by atoms with E-state index in [1.807, 2.05) is 30.3 Å². The third-order valence-corrected chi connectivity index (χ3v) is 4.41. The van der Waals surface area contributed by atoms with Crippen LogP contribution in [-0.4, -0.2) is 43.3 Å². The fourth-order valence-electron chi connectivity index (χ4n) is 2.96. The lowest BCUT2D eigenvalue weighted by molar-refractivity contribution is -0.139. The molecule has 0 unspecified atom stereocenters. The normalized spacial score (nSPS) is 11.6. The maximum Gasteiger partial charge on any atom is 0.432 e. The molecule has 0 spiro atoms. The van der Waals surface area contributed by atoms with Crippen LogP contribution in [0.25, 0.3) is 0 Å². The maximum absolute atomic E-state index is 12.1. The third-order valence-electron chi connectivity index (χ3n) is 4.41. The van der Waals surface area contributed by atoms with Gasteiger partial charge in [-0.1, -0.05) is 36.4 Å². The molecule has 0 aliphatic rings. The molecule has 156 valence electrons. The highest BCUT2D eigenvalue weighted by atomic mass is 16.7. The molecule has 0 fully saturated rings. The summed E-state index contributed by atoms with van der Waals surface area (Å²) in [7, 11) is 0. The van der Waals surface area contributed by atoms with E-state index in [0.717, 1.165) is 17.7 Å². The van der Waals surface area contributed by atoms with E-state index in [0.29, 0.717) is 22.3 Å². The van der Waals surface area contributed by atoms with E-state index in [2.05, 4.69) is 5.32 Å². The molecule has 2 aromatic carbocycles. The van der Waals surface area contributed by atoms with Gasteiger partial charge in [0.15, 0.2) is 0 Å². The summed E-state index contributed by atoms with van der Waals surface area (Å²) in [5.74, 6) is -2.31. The highest BCUT2D eigenvalue weighted by molar-refractivity contribution is 5.80. The van der Waals surface area contributed by atoms with Gasteiger partial charge in [0.1, 0.15) is 11.8 Å². The van der Waals surface area contributed by atoms with Crippen LogP contribution in [0.4, 0.5) is 4.79 Å². The van der Waals surface area contributed by atoms with Crippen molar-refractivity contribution in [2.75, 3.05) is 0 Å². The molecule has 3 rings (SSSR count). The summed E-state index contributed by atoms with van der Waals surface area (Å²) in [4.78, 5) is 28.5. The first kappa shape index (κ1) is 20.6. The summed E-state index contributed by atoms with van der Waals surface area (Å²) in [6.45, 7) is 0. The van der Waals surface area contributed by atoms with Gasteiger partial charge < -0.3 is 30.6 Å². The number of phenols is 1. The zero-order valence-corrected chi connectivity index (χ0v) is 15.7. The molecule has 0 radical (unpaired) electrons. The van der Waals surface area contributed by atoms with Crippen LogP contribution >= 0.6 is 0 Å². The number of hydrogen-bond donors (Lipinski definition) is 5. The van der Waals surface area contributed by atoms with Crippen LogP contribution in [0.1, 0.15) is 16.7 Å². The average Bonchev–Trinajstić information content (AvgIpc) is 3.02. The number of aliphatic carboxylic acids is 1. The predicted molar refractivity (Wildman–Crippen MR) is 105 cm³/mol. The highest BCUT2D eigenvalue weighted by Gasteiger charge is 2.24. The summed E-state index contributed by atoms with van der Waals surface area (Å²) in [6, 6.07) is 14.9. The number of nitrogens with one attached hydrogen (secondary N) is 1. The van der Waals surface area contributed by atoms with Crippen molar-refractivity contribution in [2.45, 2.75) is 18.9 Å². The number of benzene rings is 2. The average molecular weight is 412 g/mol. The minimum atomic E-state index is -1.35. The van der Waals surface area contributed by atoms with Gasteiger partial charge in [0.25, 0.3) is 0 Å². The predicted octanol–water partition coefficient (Wildman–Crippen LogP) is 2.03. The Morgan fingerprint density at radius 3 is 2.23 bits per heavy atom. The van der Waals surface area contributed by atoms with Crippen LogP contribution < -0.4 is 10.2 Å². The van der Waals surface area contributed by atoms with Gasteiger partial charge in [0.05, 0.1) is 0 Å². The summed E-state index contributed by atoms with van der Waals surface area (Å²) >= 11 is 0. The topological polar surface area (TPSA) is 141 Å². The summed E-state index contributed by atoms with van der Waals surface area (Å²) < 4.78 is 0.454. The number of hydrogen-bond acceptors (Lipinski definition) is 6. The number of carboxylic acids is 1. The lowest BCUT2D eigenvalue weighted by Crippen LogP contribution is -2.45. The SMILES string of the molecule is O=C(N[C@@H](Cc1ccc(O)cc1Cc1ccccc1)C(=O)O)On1c(O)ccc1O. The fourth-order valence-corrected chi connectivity index (χ4v) is 2.96. The standard InChI is InChI=1S/C21H20N2O7/c24-16-7-6-14(15(11-16)10-13-4-2-1-3-5-13)12-17(20(27)28)22-21(29)30-23-18(25)8-9-19(23)26/h1-9,11,17,24-26H,10,12H2,(H,22,29)(H,27,28)/t17-/m0/s1. The molecule has 1 amide bonds. The van der Waals surface area contributed by atoms with Crippen LogP contribution in [-0.2, 0) is 17.6 Å². The Bertz CT molecular complexity index is 1030. The Balaban J connectivity index is 1.76. The van der Waals surface area contributed by atoms with E-state index in [1.54, 1.807) is 12.1 Å².